The molecule has 3 aliphatic rings. The predicted octanol–water partition coefficient (Wildman–Crippen LogP) is 1.91. The number of rotatable bonds is 5. The Labute approximate surface area is 155 Å². The fraction of sp³-hybridized carbons (Fsp3) is 0.650. The van der Waals surface area contributed by atoms with E-state index >= 15 is 0 Å². The average molecular weight is 359 g/mol. The Morgan fingerprint density at radius 1 is 1.15 bits per heavy atom. The summed E-state index contributed by atoms with van der Waals surface area (Å²) in [5.41, 5.74) is 7.79. The molecule has 1 amide bonds. The molecule has 26 heavy (non-hydrogen) atoms. The molecule has 0 bridgehead atoms. The molecule has 6 nitrogen and oxygen atoms in total. The van der Waals surface area contributed by atoms with Crippen molar-refractivity contribution in [1.29, 1.82) is 0 Å². The van der Waals surface area contributed by atoms with E-state index in [2.05, 4.69) is 22.7 Å². The van der Waals surface area contributed by atoms with Crippen LogP contribution in [0.4, 0.5) is 0 Å². The van der Waals surface area contributed by atoms with Crippen LogP contribution in [0.5, 0.6) is 11.5 Å². The summed E-state index contributed by atoms with van der Waals surface area (Å²) in [7, 11) is 3.37. The van der Waals surface area contributed by atoms with Gasteiger partial charge in [-0.2, -0.15) is 0 Å². The van der Waals surface area contributed by atoms with E-state index in [1.165, 1.54) is 12.8 Å². The first kappa shape index (κ1) is 17.6. The number of likely N-dealkylation sites (tertiary alicyclic amines) is 1. The van der Waals surface area contributed by atoms with Crippen LogP contribution in [0.3, 0.4) is 0 Å². The van der Waals surface area contributed by atoms with Crippen molar-refractivity contribution in [2.75, 3.05) is 27.3 Å². The molecule has 4 atom stereocenters. The van der Waals surface area contributed by atoms with Crippen molar-refractivity contribution < 1.29 is 14.3 Å². The van der Waals surface area contributed by atoms with Crippen molar-refractivity contribution in [3.8, 4) is 11.5 Å². The molecule has 2 saturated heterocycles. The van der Waals surface area contributed by atoms with E-state index in [1.807, 2.05) is 18.2 Å². The molecule has 6 heteroatoms. The molecule has 1 aromatic carbocycles. The zero-order valence-corrected chi connectivity index (χ0v) is 15.8. The zero-order chi connectivity index (χ0) is 18.3. The quantitative estimate of drug-likeness (QED) is 0.841. The van der Waals surface area contributed by atoms with Gasteiger partial charge in [-0.1, -0.05) is 0 Å². The van der Waals surface area contributed by atoms with Gasteiger partial charge in [0.2, 0.25) is 5.91 Å². The highest BCUT2D eigenvalue weighted by atomic mass is 16.5. The smallest absolute Gasteiger partial charge is 0.228 e. The lowest BCUT2D eigenvalue weighted by molar-refractivity contribution is -0.135. The maximum absolute atomic E-state index is 13.2. The van der Waals surface area contributed by atoms with Crippen molar-refractivity contribution in [2.45, 2.75) is 44.2 Å². The fourth-order valence-corrected chi connectivity index (χ4v) is 4.54. The van der Waals surface area contributed by atoms with Crippen LogP contribution in [0.15, 0.2) is 18.2 Å². The van der Waals surface area contributed by atoms with E-state index in [0.717, 1.165) is 36.6 Å². The van der Waals surface area contributed by atoms with E-state index in [9.17, 15) is 4.79 Å². The molecular weight excluding hydrogens is 330 g/mol. The van der Waals surface area contributed by atoms with Gasteiger partial charge in [-0.05, 0) is 50.3 Å². The largest absolute Gasteiger partial charge is 0.497 e. The minimum Gasteiger partial charge on any atom is -0.497 e. The van der Waals surface area contributed by atoms with Gasteiger partial charge >= 0.3 is 0 Å². The van der Waals surface area contributed by atoms with Crippen LogP contribution in [0, 0.1) is 11.8 Å². The molecule has 4 rings (SSSR count). The van der Waals surface area contributed by atoms with Gasteiger partial charge in [0, 0.05) is 36.7 Å². The van der Waals surface area contributed by atoms with E-state index < -0.39 is 0 Å². The summed E-state index contributed by atoms with van der Waals surface area (Å²) in [5, 5.41) is 0. The first-order valence-electron chi connectivity index (χ1n) is 9.64. The molecule has 1 aliphatic carbocycles. The Morgan fingerprint density at radius 3 is 2.65 bits per heavy atom. The van der Waals surface area contributed by atoms with Gasteiger partial charge in [-0.25, -0.2) is 0 Å². The van der Waals surface area contributed by atoms with Crippen LogP contribution >= 0.6 is 0 Å². The van der Waals surface area contributed by atoms with Gasteiger partial charge in [-0.3, -0.25) is 15.6 Å². The molecule has 2 aliphatic heterocycles. The maximum Gasteiger partial charge on any atom is 0.228 e. The molecular formula is C20H29N3O3. The highest BCUT2D eigenvalue weighted by Gasteiger charge is 2.48. The SMILES string of the molecule is COc1ccc(OC)c(C2CCN(C(=O)C3C(C)NNC3C3CC3)C2)c1. The normalized spacial score (nSPS) is 31.3. The highest BCUT2D eigenvalue weighted by Crippen LogP contribution is 2.40. The summed E-state index contributed by atoms with van der Waals surface area (Å²) < 4.78 is 10.9. The molecule has 1 saturated carbocycles. The van der Waals surface area contributed by atoms with Crippen LogP contribution in [0.2, 0.25) is 0 Å². The number of methoxy groups -OCH3 is 2. The zero-order valence-electron chi connectivity index (χ0n) is 15.8. The van der Waals surface area contributed by atoms with Crippen LogP contribution in [-0.4, -0.2) is 50.2 Å². The van der Waals surface area contributed by atoms with Crippen LogP contribution < -0.4 is 20.3 Å². The van der Waals surface area contributed by atoms with Crippen LogP contribution in [-0.2, 0) is 4.79 Å². The first-order valence-corrected chi connectivity index (χ1v) is 9.64. The lowest BCUT2D eigenvalue weighted by atomic mass is 9.90. The number of amides is 1. The van der Waals surface area contributed by atoms with Crippen molar-refractivity contribution >= 4 is 5.91 Å². The van der Waals surface area contributed by atoms with Gasteiger partial charge in [0.05, 0.1) is 20.1 Å². The summed E-state index contributed by atoms with van der Waals surface area (Å²) in [6.07, 6.45) is 3.43. The number of hydrogen-bond donors (Lipinski definition) is 2. The third kappa shape index (κ3) is 3.16. The first-order chi connectivity index (χ1) is 12.6. The topological polar surface area (TPSA) is 62.8 Å². The van der Waals surface area contributed by atoms with Crippen molar-refractivity contribution in [3.05, 3.63) is 23.8 Å². The molecule has 0 radical (unpaired) electrons. The molecule has 0 spiro atoms. The summed E-state index contributed by atoms with van der Waals surface area (Å²) in [5.74, 6) is 2.97. The monoisotopic (exact) mass is 359 g/mol. The second kappa shape index (κ2) is 7.08. The van der Waals surface area contributed by atoms with Crippen molar-refractivity contribution in [1.82, 2.24) is 15.8 Å². The molecule has 2 heterocycles. The summed E-state index contributed by atoms with van der Waals surface area (Å²) in [6, 6.07) is 6.37. The third-order valence-electron chi connectivity index (χ3n) is 6.19. The summed E-state index contributed by atoms with van der Waals surface area (Å²) >= 11 is 0. The molecule has 0 aromatic heterocycles. The van der Waals surface area contributed by atoms with E-state index in [4.69, 9.17) is 9.47 Å². The van der Waals surface area contributed by atoms with Gasteiger partial charge in [0.15, 0.2) is 0 Å². The lowest BCUT2D eigenvalue weighted by Crippen LogP contribution is -2.43. The van der Waals surface area contributed by atoms with Crippen molar-refractivity contribution in [2.24, 2.45) is 11.8 Å². The van der Waals surface area contributed by atoms with Gasteiger partial charge in [-0.15, -0.1) is 0 Å². The maximum atomic E-state index is 13.2. The number of nitrogens with zero attached hydrogens (tertiary/aromatic N) is 1. The molecule has 2 N–H and O–H groups in total. The summed E-state index contributed by atoms with van der Waals surface area (Å²) in [4.78, 5) is 15.3. The van der Waals surface area contributed by atoms with Crippen molar-refractivity contribution in [3.63, 3.8) is 0 Å². The Morgan fingerprint density at radius 2 is 1.96 bits per heavy atom. The molecule has 142 valence electrons. The van der Waals surface area contributed by atoms with E-state index in [1.54, 1.807) is 14.2 Å². The van der Waals surface area contributed by atoms with Crippen LogP contribution in [0.25, 0.3) is 0 Å². The Bertz CT molecular complexity index is 676. The van der Waals surface area contributed by atoms with Gasteiger partial charge in [0.25, 0.3) is 0 Å². The molecule has 4 unspecified atom stereocenters. The second-order valence-corrected chi connectivity index (χ2v) is 7.84. The Kier molecular flexibility index (Phi) is 4.80. The van der Waals surface area contributed by atoms with Gasteiger partial charge in [0.1, 0.15) is 11.5 Å². The number of hydrazine groups is 1. The van der Waals surface area contributed by atoms with E-state index in [0.29, 0.717) is 11.8 Å². The minimum atomic E-state index is 0.0356. The summed E-state index contributed by atoms with van der Waals surface area (Å²) in [6.45, 7) is 3.67. The minimum absolute atomic E-state index is 0.0356. The fourth-order valence-electron chi connectivity index (χ4n) is 4.54. The Hall–Kier alpha value is -1.79. The number of benzene rings is 1. The molecule has 3 fully saturated rings. The number of carbonyl (C=O) groups is 1. The lowest BCUT2D eigenvalue weighted by Gasteiger charge is -2.26. The van der Waals surface area contributed by atoms with Gasteiger partial charge < -0.3 is 14.4 Å². The number of carbonyl (C=O) groups excluding carboxylic acids is 1. The number of hydrogen-bond acceptors (Lipinski definition) is 5. The van der Waals surface area contributed by atoms with E-state index in [-0.39, 0.29) is 23.9 Å². The molecule has 1 aromatic rings. The standard InChI is InChI=1S/C20H29N3O3/c1-12-18(19(22-21-12)13-4-5-13)20(24)23-9-8-14(11-23)16-10-15(25-2)6-7-17(16)26-3/h6-7,10,12-14,18-19,21-22H,4-5,8-9,11H2,1-3H3. The number of nitrogens with one attached hydrogen (secondary N) is 2. The third-order valence-corrected chi connectivity index (χ3v) is 6.19. The highest BCUT2D eigenvalue weighted by molar-refractivity contribution is 5.81. The second-order valence-electron chi connectivity index (χ2n) is 7.84. The average Bonchev–Trinajstić information content (AvgIpc) is 3.25. The Balaban J connectivity index is 1.49. The predicted molar refractivity (Wildman–Crippen MR) is 99.2 cm³/mol. The van der Waals surface area contributed by atoms with Crippen LogP contribution in [0.1, 0.15) is 37.7 Å². The number of ether oxygens (including phenoxy) is 2.